The topological polar surface area (TPSA) is 88.5 Å². The van der Waals surface area contributed by atoms with Crippen LogP contribution in [0, 0.1) is 0 Å². The van der Waals surface area contributed by atoms with Crippen LogP contribution in [0.3, 0.4) is 0 Å². The summed E-state index contributed by atoms with van der Waals surface area (Å²) in [5, 5.41) is 20.5. The number of hydrogen-bond acceptors (Lipinski definition) is 6. The Bertz CT molecular complexity index is 957. The molecule has 2 aliphatic rings. The number of methoxy groups -OCH3 is 1. The van der Waals surface area contributed by atoms with Gasteiger partial charge in [-0.15, -0.1) is 0 Å². The van der Waals surface area contributed by atoms with Crippen LogP contribution in [-0.2, 0) is 6.42 Å². The molecule has 7 nitrogen and oxygen atoms in total. The van der Waals surface area contributed by atoms with Gasteiger partial charge in [-0.05, 0) is 35.9 Å². The fourth-order valence-electron chi connectivity index (χ4n) is 4.29. The predicted octanol–water partition coefficient (Wildman–Crippen LogP) is 3.26. The van der Waals surface area contributed by atoms with Crippen LogP contribution in [0.15, 0.2) is 36.4 Å². The van der Waals surface area contributed by atoms with Gasteiger partial charge in [0, 0.05) is 50.0 Å². The highest BCUT2D eigenvalue weighted by Gasteiger charge is 2.42. The Hall–Kier alpha value is -2.48. The van der Waals surface area contributed by atoms with Crippen molar-refractivity contribution in [3.05, 3.63) is 52.5 Å². The lowest BCUT2D eigenvalue weighted by molar-refractivity contribution is -0.00203. The van der Waals surface area contributed by atoms with Crippen molar-refractivity contribution in [1.82, 2.24) is 4.90 Å². The maximum absolute atomic E-state index is 11.4. The van der Waals surface area contributed by atoms with E-state index in [1.165, 1.54) is 19.2 Å². The molecular formula is C23H26ClNO6. The number of ether oxygens (including phenoxy) is 3. The first kappa shape index (κ1) is 21.7. The van der Waals surface area contributed by atoms with Crippen molar-refractivity contribution in [2.75, 3.05) is 33.4 Å². The standard InChI is InChI=1S/C23H26ClNO6/c1-29-18-3-4-19(22(27)28)21(11-18)30-14-17(26)13-25-8-6-23(7-9-25)12-15-10-16(24)2-5-20(15)31-23/h2-5,10-11,17,26H,6-9,12-14H2,1H3,(H,27,28)/t17-/m1/s1. The third-order valence-electron chi connectivity index (χ3n) is 5.95. The maximum atomic E-state index is 11.4. The fraction of sp³-hybridized carbons (Fsp3) is 0.435. The molecule has 4 rings (SSSR count). The van der Waals surface area contributed by atoms with E-state index in [9.17, 15) is 15.0 Å². The number of piperidine rings is 1. The first-order chi connectivity index (χ1) is 14.9. The maximum Gasteiger partial charge on any atom is 0.339 e. The van der Waals surface area contributed by atoms with Crippen LogP contribution in [0.5, 0.6) is 17.2 Å². The normalized spacial score (nSPS) is 18.3. The second-order valence-electron chi connectivity index (χ2n) is 8.15. The minimum Gasteiger partial charge on any atom is -0.497 e. The molecule has 0 saturated carbocycles. The summed E-state index contributed by atoms with van der Waals surface area (Å²) < 4.78 is 17.0. The van der Waals surface area contributed by atoms with E-state index in [4.69, 9.17) is 25.8 Å². The lowest BCUT2D eigenvalue weighted by atomic mass is 9.87. The Morgan fingerprint density at radius 3 is 2.74 bits per heavy atom. The number of benzene rings is 2. The van der Waals surface area contributed by atoms with E-state index in [0.29, 0.717) is 12.3 Å². The van der Waals surface area contributed by atoms with E-state index in [2.05, 4.69) is 4.90 Å². The van der Waals surface area contributed by atoms with Crippen molar-refractivity contribution in [1.29, 1.82) is 0 Å². The van der Waals surface area contributed by atoms with Gasteiger partial charge in [0.2, 0.25) is 0 Å². The zero-order valence-corrected chi connectivity index (χ0v) is 18.1. The number of carbonyl (C=O) groups is 1. The van der Waals surface area contributed by atoms with Gasteiger partial charge in [0.25, 0.3) is 0 Å². The van der Waals surface area contributed by atoms with E-state index in [1.54, 1.807) is 6.07 Å². The van der Waals surface area contributed by atoms with Crippen molar-refractivity contribution >= 4 is 17.6 Å². The highest BCUT2D eigenvalue weighted by atomic mass is 35.5. The van der Waals surface area contributed by atoms with Crippen molar-refractivity contribution in [2.45, 2.75) is 31.0 Å². The predicted molar refractivity (Wildman–Crippen MR) is 116 cm³/mol. The smallest absolute Gasteiger partial charge is 0.339 e. The molecule has 1 atom stereocenters. The molecule has 0 unspecified atom stereocenters. The lowest BCUT2D eigenvalue weighted by Crippen LogP contribution is -2.49. The second-order valence-corrected chi connectivity index (χ2v) is 8.58. The van der Waals surface area contributed by atoms with Gasteiger partial charge in [0.1, 0.15) is 41.1 Å². The molecule has 2 aromatic rings. The Kier molecular flexibility index (Phi) is 6.27. The van der Waals surface area contributed by atoms with Gasteiger partial charge in [-0.2, -0.15) is 0 Å². The molecule has 0 radical (unpaired) electrons. The number of halogens is 1. The molecule has 166 valence electrons. The first-order valence-electron chi connectivity index (χ1n) is 10.3. The molecular weight excluding hydrogens is 422 g/mol. The van der Waals surface area contributed by atoms with Crippen LogP contribution in [-0.4, -0.2) is 66.1 Å². The zero-order valence-electron chi connectivity index (χ0n) is 17.3. The van der Waals surface area contributed by atoms with Crippen LogP contribution in [0.25, 0.3) is 0 Å². The number of hydrogen-bond donors (Lipinski definition) is 2. The van der Waals surface area contributed by atoms with Crippen molar-refractivity contribution in [2.24, 2.45) is 0 Å². The molecule has 0 aromatic heterocycles. The van der Waals surface area contributed by atoms with Gasteiger partial charge in [-0.3, -0.25) is 0 Å². The molecule has 1 saturated heterocycles. The number of aliphatic hydroxyl groups excluding tert-OH is 1. The summed E-state index contributed by atoms with van der Waals surface area (Å²) in [4.78, 5) is 13.6. The van der Waals surface area contributed by atoms with Gasteiger partial charge < -0.3 is 29.3 Å². The fourth-order valence-corrected chi connectivity index (χ4v) is 4.48. The van der Waals surface area contributed by atoms with E-state index in [-0.39, 0.29) is 23.5 Å². The molecule has 2 heterocycles. The molecule has 2 N–H and O–H groups in total. The molecule has 31 heavy (non-hydrogen) atoms. The van der Waals surface area contributed by atoms with Crippen molar-refractivity contribution in [3.63, 3.8) is 0 Å². The molecule has 1 fully saturated rings. The summed E-state index contributed by atoms with van der Waals surface area (Å²) >= 11 is 6.11. The third kappa shape index (κ3) is 4.89. The lowest BCUT2D eigenvalue weighted by Gasteiger charge is -2.39. The van der Waals surface area contributed by atoms with Crippen LogP contribution in [0.4, 0.5) is 0 Å². The Morgan fingerprint density at radius 1 is 1.26 bits per heavy atom. The number of aliphatic hydroxyl groups is 1. The van der Waals surface area contributed by atoms with E-state index >= 15 is 0 Å². The summed E-state index contributed by atoms with van der Waals surface area (Å²) in [6.07, 6.45) is 1.84. The largest absolute Gasteiger partial charge is 0.497 e. The number of aromatic carboxylic acids is 1. The SMILES string of the molecule is COc1ccc(C(=O)O)c(OC[C@H](O)CN2CCC3(CC2)Cc2cc(Cl)ccc2O3)c1. The van der Waals surface area contributed by atoms with Crippen LogP contribution in [0.2, 0.25) is 5.02 Å². The highest BCUT2D eigenvalue weighted by Crippen LogP contribution is 2.41. The molecule has 8 heteroatoms. The summed E-state index contributed by atoms with van der Waals surface area (Å²) in [6.45, 7) is 2.05. The molecule has 2 aromatic carbocycles. The number of β-amino-alcohol motifs (C(OH)–C–C–N with tert-alkyl or cyclic N) is 1. The van der Waals surface area contributed by atoms with E-state index in [0.717, 1.165) is 48.7 Å². The third-order valence-corrected chi connectivity index (χ3v) is 6.18. The Morgan fingerprint density at radius 2 is 2.03 bits per heavy atom. The average molecular weight is 448 g/mol. The minimum atomic E-state index is -1.09. The van der Waals surface area contributed by atoms with Crippen molar-refractivity contribution < 1.29 is 29.2 Å². The monoisotopic (exact) mass is 447 g/mol. The van der Waals surface area contributed by atoms with Crippen molar-refractivity contribution in [3.8, 4) is 17.2 Å². The zero-order chi connectivity index (χ0) is 22.0. The Labute approximate surface area is 186 Å². The summed E-state index contributed by atoms with van der Waals surface area (Å²) in [6, 6.07) is 10.3. The first-order valence-corrected chi connectivity index (χ1v) is 10.7. The number of rotatable bonds is 7. The number of fused-ring (bicyclic) bond motifs is 1. The highest BCUT2D eigenvalue weighted by molar-refractivity contribution is 6.30. The minimum absolute atomic E-state index is 0.00443. The van der Waals surface area contributed by atoms with Gasteiger partial charge in [0.15, 0.2) is 0 Å². The van der Waals surface area contributed by atoms with Crippen LogP contribution in [0.1, 0.15) is 28.8 Å². The molecule has 0 amide bonds. The Balaban J connectivity index is 1.28. The van der Waals surface area contributed by atoms with E-state index < -0.39 is 12.1 Å². The second kappa shape index (κ2) is 8.94. The molecule has 2 aliphatic heterocycles. The average Bonchev–Trinajstić information content (AvgIpc) is 3.10. The van der Waals surface area contributed by atoms with Crippen LogP contribution < -0.4 is 14.2 Å². The summed E-state index contributed by atoms with van der Waals surface area (Å²) in [5.74, 6) is 0.500. The molecule has 1 spiro atoms. The molecule has 0 bridgehead atoms. The van der Waals surface area contributed by atoms with Gasteiger partial charge in [-0.1, -0.05) is 11.6 Å². The number of carboxylic acids is 1. The molecule has 0 aliphatic carbocycles. The van der Waals surface area contributed by atoms with Crippen LogP contribution >= 0.6 is 11.6 Å². The number of likely N-dealkylation sites (tertiary alicyclic amines) is 1. The number of carboxylic acid groups (broad SMARTS) is 1. The quantitative estimate of drug-likeness (QED) is 0.673. The van der Waals surface area contributed by atoms with Gasteiger partial charge in [-0.25, -0.2) is 4.79 Å². The number of nitrogens with zero attached hydrogens (tertiary/aromatic N) is 1. The summed E-state index contributed by atoms with van der Waals surface area (Å²) in [5.41, 5.74) is 0.995. The van der Waals surface area contributed by atoms with Gasteiger partial charge >= 0.3 is 5.97 Å². The van der Waals surface area contributed by atoms with Gasteiger partial charge in [0.05, 0.1) is 7.11 Å². The summed E-state index contributed by atoms with van der Waals surface area (Å²) in [7, 11) is 1.50. The van der Waals surface area contributed by atoms with E-state index in [1.807, 2.05) is 18.2 Å².